The van der Waals surface area contributed by atoms with Crippen molar-refractivity contribution >= 4 is 26.8 Å². The van der Waals surface area contributed by atoms with Crippen LogP contribution < -0.4 is 14.2 Å². The Morgan fingerprint density at radius 1 is 1.19 bits per heavy atom. The molecule has 0 aliphatic carbocycles. The molecule has 5 nitrogen and oxygen atoms in total. The Bertz CT molecular complexity index is 1010. The normalized spacial score (nSPS) is 19.0. The molecule has 3 heterocycles. The Hall–Kier alpha value is -2.18. The molecule has 1 aromatic heterocycles. The highest BCUT2D eigenvalue weighted by Crippen LogP contribution is 2.50. The Kier molecular flexibility index (Phi) is 3.65. The number of methoxy groups -OCH3 is 1. The fraction of sp³-hybridized carbons (Fsp3) is 0.300. The molecule has 0 fully saturated rings. The van der Waals surface area contributed by atoms with E-state index < -0.39 is 0 Å². The number of aromatic nitrogens is 1. The van der Waals surface area contributed by atoms with E-state index in [1.165, 1.54) is 16.5 Å². The van der Waals surface area contributed by atoms with Gasteiger partial charge in [-0.1, -0.05) is 15.9 Å². The second-order valence-corrected chi connectivity index (χ2v) is 7.66. The number of halogens is 1. The van der Waals surface area contributed by atoms with Crippen molar-refractivity contribution in [3.05, 3.63) is 52.1 Å². The summed E-state index contributed by atoms with van der Waals surface area (Å²) in [6.45, 7) is 1.21. The first-order chi connectivity index (χ1) is 12.7. The lowest BCUT2D eigenvalue weighted by Crippen LogP contribution is -2.36. The molecule has 0 saturated carbocycles. The molecule has 0 N–H and O–H groups in total. The first kappa shape index (κ1) is 16.0. The molecule has 0 bridgehead atoms. The van der Waals surface area contributed by atoms with Gasteiger partial charge in [-0.05, 0) is 49.4 Å². The Labute approximate surface area is 160 Å². The van der Waals surface area contributed by atoms with Crippen molar-refractivity contribution in [3.63, 3.8) is 0 Å². The summed E-state index contributed by atoms with van der Waals surface area (Å²) in [4.78, 5) is 2.36. The van der Waals surface area contributed by atoms with Gasteiger partial charge in [0, 0.05) is 33.7 Å². The predicted octanol–water partition coefficient (Wildman–Crippen LogP) is 4.18. The third-order valence-corrected chi connectivity index (χ3v) is 5.80. The van der Waals surface area contributed by atoms with Crippen LogP contribution in [0, 0.1) is 0 Å². The quantitative estimate of drug-likeness (QED) is 0.630. The Morgan fingerprint density at radius 3 is 2.92 bits per heavy atom. The lowest BCUT2D eigenvalue weighted by Gasteiger charge is -2.37. The van der Waals surface area contributed by atoms with Gasteiger partial charge in [0.05, 0.1) is 7.11 Å². The van der Waals surface area contributed by atoms with Gasteiger partial charge in [0.15, 0.2) is 11.5 Å². The van der Waals surface area contributed by atoms with Crippen molar-refractivity contribution in [1.82, 2.24) is 9.47 Å². The summed E-state index contributed by atoms with van der Waals surface area (Å²) in [6.07, 6.45) is 3.15. The van der Waals surface area contributed by atoms with Gasteiger partial charge >= 0.3 is 0 Å². The molecule has 1 atom stereocenters. The van der Waals surface area contributed by atoms with Crippen molar-refractivity contribution in [3.8, 4) is 17.2 Å². The molecule has 134 valence electrons. The zero-order chi connectivity index (χ0) is 17.8. The molecule has 2 aliphatic heterocycles. The molecule has 0 unspecified atom stereocenters. The summed E-state index contributed by atoms with van der Waals surface area (Å²) in [5, 5.41) is 1.21. The van der Waals surface area contributed by atoms with E-state index in [-0.39, 0.29) is 13.0 Å². The Balaban J connectivity index is 1.76. The maximum absolute atomic E-state index is 5.81. The van der Waals surface area contributed by atoms with Gasteiger partial charge < -0.3 is 18.8 Å². The number of nitrogens with zero attached hydrogens (tertiary/aromatic N) is 2. The van der Waals surface area contributed by atoms with Gasteiger partial charge in [-0.15, -0.1) is 0 Å². The zero-order valence-electron chi connectivity index (χ0n) is 14.7. The first-order valence-corrected chi connectivity index (χ1v) is 9.42. The topological polar surface area (TPSA) is 35.9 Å². The maximum Gasteiger partial charge on any atom is 0.231 e. The molecule has 2 aromatic carbocycles. The van der Waals surface area contributed by atoms with Crippen LogP contribution in [0.25, 0.3) is 10.9 Å². The van der Waals surface area contributed by atoms with E-state index in [0.29, 0.717) is 5.75 Å². The monoisotopic (exact) mass is 414 g/mol. The average molecular weight is 415 g/mol. The van der Waals surface area contributed by atoms with Crippen LogP contribution in [0.15, 0.2) is 41.0 Å². The van der Waals surface area contributed by atoms with Gasteiger partial charge in [0.25, 0.3) is 0 Å². The van der Waals surface area contributed by atoms with Crippen molar-refractivity contribution in [1.29, 1.82) is 0 Å². The molecule has 0 radical (unpaired) electrons. The lowest BCUT2D eigenvalue weighted by atomic mass is 9.94. The standard InChI is InChI=1S/C20H19BrN2O3/c1-22-7-5-13-10-16-18(26-11-25-16)19(24-2)17(13)20(22)23-8-6-12-9-14(21)3-4-15(12)23/h3-4,6,8-10,20H,5,7,11H2,1-2H3/t20-/m1/s1. The smallest absolute Gasteiger partial charge is 0.231 e. The highest BCUT2D eigenvalue weighted by molar-refractivity contribution is 9.10. The molecule has 2 aliphatic rings. The third kappa shape index (κ3) is 2.25. The minimum Gasteiger partial charge on any atom is -0.492 e. The van der Waals surface area contributed by atoms with E-state index in [9.17, 15) is 0 Å². The summed E-state index contributed by atoms with van der Waals surface area (Å²) in [5.74, 6) is 2.28. The van der Waals surface area contributed by atoms with Crippen molar-refractivity contribution in [2.24, 2.45) is 0 Å². The SMILES string of the molecule is COc1c2c(cc3c1[C@@H](n1ccc4cc(Br)ccc41)N(C)CC3)OCO2. The summed E-state index contributed by atoms with van der Waals surface area (Å²) >= 11 is 3.56. The lowest BCUT2D eigenvalue weighted by molar-refractivity contribution is 0.170. The van der Waals surface area contributed by atoms with Crippen LogP contribution in [-0.2, 0) is 6.42 Å². The first-order valence-electron chi connectivity index (χ1n) is 8.63. The minimum absolute atomic E-state index is 0.0434. The van der Waals surface area contributed by atoms with Crippen LogP contribution in [0.3, 0.4) is 0 Å². The molecule has 3 aromatic rings. The van der Waals surface area contributed by atoms with Crippen LogP contribution in [-0.4, -0.2) is 37.0 Å². The van der Waals surface area contributed by atoms with Crippen molar-refractivity contribution in [2.45, 2.75) is 12.6 Å². The number of hydrogen-bond donors (Lipinski definition) is 0. The largest absolute Gasteiger partial charge is 0.492 e. The van der Waals surface area contributed by atoms with Crippen LogP contribution in [0.4, 0.5) is 0 Å². The van der Waals surface area contributed by atoms with Gasteiger partial charge in [-0.25, -0.2) is 0 Å². The van der Waals surface area contributed by atoms with Gasteiger partial charge in [0.2, 0.25) is 12.5 Å². The predicted molar refractivity (Wildman–Crippen MR) is 103 cm³/mol. The van der Waals surface area contributed by atoms with E-state index in [4.69, 9.17) is 14.2 Å². The molecule has 6 heteroatoms. The van der Waals surface area contributed by atoms with Gasteiger partial charge in [0.1, 0.15) is 6.17 Å². The zero-order valence-corrected chi connectivity index (χ0v) is 16.2. The highest BCUT2D eigenvalue weighted by Gasteiger charge is 2.35. The average Bonchev–Trinajstić information content (AvgIpc) is 3.26. The van der Waals surface area contributed by atoms with E-state index in [0.717, 1.165) is 34.5 Å². The van der Waals surface area contributed by atoms with Crippen molar-refractivity contribution < 1.29 is 14.2 Å². The summed E-state index contributed by atoms with van der Waals surface area (Å²) in [5.41, 5.74) is 3.61. The van der Waals surface area contributed by atoms with Crippen molar-refractivity contribution in [2.75, 3.05) is 27.5 Å². The van der Waals surface area contributed by atoms with Crippen LogP contribution >= 0.6 is 15.9 Å². The van der Waals surface area contributed by atoms with Gasteiger partial charge in [-0.2, -0.15) is 0 Å². The number of benzene rings is 2. The molecule has 26 heavy (non-hydrogen) atoms. The molecular weight excluding hydrogens is 396 g/mol. The number of ether oxygens (including phenoxy) is 3. The molecule has 0 saturated heterocycles. The highest BCUT2D eigenvalue weighted by atomic mass is 79.9. The van der Waals surface area contributed by atoms with Gasteiger partial charge in [-0.3, -0.25) is 4.90 Å². The summed E-state index contributed by atoms with van der Waals surface area (Å²) < 4.78 is 20.5. The van der Waals surface area contributed by atoms with E-state index >= 15 is 0 Å². The number of fused-ring (bicyclic) bond motifs is 3. The number of rotatable bonds is 2. The summed E-state index contributed by atoms with van der Waals surface area (Å²) in [6, 6.07) is 10.6. The maximum atomic E-state index is 5.81. The molecular formula is C20H19BrN2O3. The Morgan fingerprint density at radius 2 is 2.08 bits per heavy atom. The van der Waals surface area contributed by atoms with E-state index in [1.54, 1.807) is 7.11 Å². The van der Waals surface area contributed by atoms with E-state index in [2.05, 4.69) is 69.0 Å². The second kappa shape index (κ2) is 5.93. The minimum atomic E-state index is 0.0434. The molecule has 5 rings (SSSR count). The third-order valence-electron chi connectivity index (χ3n) is 5.30. The number of hydrogen-bond acceptors (Lipinski definition) is 4. The second-order valence-electron chi connectivity index (χ2n) is 6.75. The summed E-state index contributed by atoms with van der Waals surface area (Å²) in [7, 11) is 3.86. The molecule has 0 spiro atoms. The van der Waals surface area contributed by atoms with Crippen LogP contribution in [0.1, 0.15) is 17.3 Å². The van der Waals surface area contributed by atoms with Crippen LogP contribution in [0.2, 0.25) is 0 Å². The van der Waals surface area contributed by atoms with Crippen LogP contribution in [0.5, 0.6) is 17.2 Å². The number of likely N-dealkylation sites (N-methyl/N-ethyl adjacent to an activating group) is 1. The van der Waals surface area contributed by atoms with E-state index in [1.807, 2.05) is 0 Å². The molecule has 0 amide bonds. The fourth-order valence-corrected chi connectivity index (χ4v) is 4.49. The fourth-order valence-electron chi connectivity index (χ4n) is 4.11.